The number of benzene rings is 8. The summed E-state index contributed by atoms with van der Waals surface area (Å²) in [5.41, 5.74) is 18.0. The maximum Gasteiger partial charge on any atom is 0.159 e. The second-order valence-electron chi connectivity index (χ2n) is 15.4. The molecule has 1 unspecified atom stereocenters. The molecule has 8 aromatic carbocycles. The van der Waals surface area contributed by atoms with Gasteiger partial charge in [0.15, 0.2) is 5.58 Å². The molecule has 3 heteroatoms. The third kappa shape index (κ3) is 5.24. The molecule has 2 aliphatic rings. The highest BCUT2D eigenvalue weighted by atomic mass is 16.3. The molecule has 12 rings (SSSR count). The fourth-order valence-corrected chi connectivity index (χ4v) is 9.22. The van der Waals surface area contributed by atoms with Gasteiger partial charge in [-0.1, -0.05) is 164 Å². The van der Waals surface area contributed by atoms with Crippen LogP contribution in [0.4, 0.5) is 0 Å². The first-order valence-corrected chi connectivity index (χ1v) is 20.0. The van der Waals surface area contributed by atoms with Gasteiger partial charge in [0, 0.05) is 38.6 Å². The van der Waals surface area contributed by atoms with Gasteiger partial charge >= 0.3 is 0 Å². The van der Waals surface area contributed by atoms with Gasteiger partial charge in [-0.05, 0) is 81.8 Å². The summed E-state index contributed by atoms with van der Waals surface area (Å²) in [5, 5.41) is 4.55. The summed E-state index contributed by atoms with van der Waals surface area (Å²) in [6, 6.07) is 69.5. The first-order chi connectivity index (χ1) is 28.8. The number of rotatable bonds is 6. The summed E-state index contributed by atoms with van der Waals surface area (Å²) in [5.74, 6) is 0.351. The number of aromatic nitrogens is 1. The molecule has 1 atom stereocenters. The van der Waals surface area contributed by atoms with Crippen LogP contribution in [-0.4, -0.2) is 10.3 Å². The van der Waals surface area contributed by atoms with E-state index >= 15 is 0 Å². The fourth-order valence-electron chi connectivity index (χ4n) is 9.22. The zero-order valence-corrected chi connectivity index (χ0v) is 31.6. The van der Waals surface area contributed by atoms with Crippen molar-refractivity contribution in [3.63, 3.8) is 0 Å². The minimum absolute atomic E-state index is 0.351. The SMILES string of the molecule is C1=C(c2ccccc2)C2CC2=C(c2ccccc2)N=C1c1cccc2oc3c(-n4c5ccc(-c6ccccc6)cc5c5ccc(-c6ccccc6)cc54)cccc3c12. The molecular formula is C55H36N2O. The lowest BCUT2D eigenvalue weighted by Crippen LogP contribution is -2.00. The van der Waals surface area contributed by atoms with Crippen LogP contribution in [0.2, 0.25) is 0 Å². The van der Waals surface area contributed by atoms with Crippen LogP contribution in [0.15, 0.2) is 215 Å². The highest BCUT2D eigenvalue weighted by Gasteiger charge is 2.39. The molecule has 0 amide bonds. The van der Waals surface area contributed by atoms with Crippen molar-refractivity contribution < 1.29 is 4.42 Å². The van der Waals surface area contributed by atoms with Crippen molar-refractivity contribution in [1.29, 1.82) is 0 Å². The number of nitrogens with zero attached hydrogens (tertiary/aromatic N) is 2. The number of hydrogen-bond donors (Lipinski definition) is 0. The Balaban J connectivity index is 1.10. The Labute approximate surface area is 336 Å². The molecule has 2 aromatic heterocycles. The number of para-hydroxylation sites is 1. The predicted octanol–water partition coefficient (Wildman–Crippen LogP) is 14.3. The van der Waals surface area contributed by atoms with Crippen molar-refractivity contribution in [1.82, 2.24) is 4.57 Å². The maximum atomic E-state index is 7.02. The van der Waals surface area contributed by atoms with Crippen LogP contribution in [0.3, 0.4) is 0 Å². The molecule has 0 spiro atoms. The van der Waals surface area contributed by atoms with E-state index in [9.17, 15) is 0 Å². The van der Waals surface area contributed by atoms with Crippen LogP contribution in [-0.2, 0) is 0 Å². The third-order valence-corrected chi connectivity index (χ3v) is 12.0. The smallest absolute Gasteiger partial charge is 0.159 e. The zero-order valence-electron chi connectivity index (χ0n) is 31.6. The van der Waals surface area contributed by atoms with Crippen LogP contribution >= 0.6 is 0 Å². The van der Waals surface area contributed by atoms with Crippen LogP contribution in [0, 0.1) is 5.92 Å². The van der Waals surface area contributed by atoms with E-state index in [1.807, 2.05) is 0 Å². The van der Waals surface area contributed by atoms with Gasteiger partial charge in [-0.15, -0.1) is 0 Å². The Morgan fingerprint density at radius 2 is 1.12 bits per heavy atom. The van der Waals surface area contributed by atoms with Crippen LogP contribution in [0.5, 0.6) is 0 Å². The molecule has 1 fully saturated rings. The van der Waals surface area contributed by atoms with Gasteiger partial charge in [0.2, 0.25) is 0 Å². The van der Waals surface area contributed by atoms with Crippen molar-refractivity contribution >= 4 is 60.7 Å². The van der Waals surface area contributed by atoms with Crippen molar-refractivity contribution in [3.05, 3.63) is 222 Å². The summed E-state index contributed by atoms with van der Waals surface area (Å²) in [7, 11) is 0. The molecule has 0 bridgehead atoms. The van der Waals surface area contributed by atoms with E-state index in [1.165, 1.54) is 49.7 Å². The zero-order chi connectivity index (χ0) is 38.2. The summed E-state index contributed by atoms with van der Waals surface area (Å²) in [6.45, 7) is 0. The lowest BCUT2D eigenvalue weighted by atomic mass is 9.96. The van der Waals surface area contributed by atoms with Crippen molar-refractivity contribution in [2.45, 2.75) is 6.42 Å². The minimum Gasteiger partial charge on any atom is -0.454 e. The van der Waals surface area contributed by atoms with Gasteiger partial charge in [0.05, 0.1) is 28.1 Å². The topological polar surface area (TPSA) is 30.4 Å². The van der Waals surface area contributed by atoms with E-state index in [2.05, 4.69) is 205 Å². The minimum atomic E-state index is 0.351. The van der Waals surface area contributed by atoms with Crippen molar-refractivity contribution in [2.75, 3.05) is 0 Å². The number of allylic oxidation sites excluding steroid dienone is 3. The average Bonchev–Trinajstić information content (AvgIpc) is 3.91. The molecule has 3 heterocycles. The molecule has 10 aromatic rings. The molecule has 0 radical (unpaired) electrons. The number of hydrogen-bond acceptors (Lipinski definition) is 2. The molecule has 0 N–H and O–H groups in total. The lowest BCUT2D eigenvalue weighted by Gasteiger charge is -2.11. The average molecular weight is 741 g/mol. The number of furan rings is 1. The monoisotopic (exact) mass is 740 g/mol. The Bertz CT molecular complexity index is 3330. The number of fused-ring (bicyclic) bond motifs is 7. The van der Waals surface area contributed by atoms with Crippen LogP contribution < -0.4 is 0 Å². The largest absolute Gasteiger partial charge is 0.454 e. The summed E-state index contributed by atoms with van der Waals surface area (Å²) >= 11 is 0. The lowest BCUT2D eigenvalue weighted by molar-refractivity contribution is 0.666. The predicted molar refractivity (Wildman–Crippen MR) is 241 cm³/mol. The Morgan fingerprint density at radius 1 is 0.483 bits per heavy atom. The molecule has 272 valence electrons. The van der Waals surface area contributed by atoms with E-state index in [4.69, 9.17) is 9.41 Å². The molecule has 1 aliphatic heterocycles. The van der Waals surface area contributed by atoms with E-state index in [0.717, 1.165) is 67.6 Å². The molecule has 1 aliphatic carbocycles. The second kappa shape index (κ2) is 13.0. The van der Waals surface area contributed by atoms with Gasteiger partial charge in [0.1, 0.15) is 5.58 Å². The molecule has 0 saturated heterocycles. The van der Waals surface area contributed by atoms with E-state index < -0.39 is 0 Å². The molecule has 58 heavy (non-hydrogen) atoms. The summed E-state index contributed by atoms with van der Waals surface area (Å²) < 4.78 is 9.42. The van der Waals surface area contributed by atoms with Crippen molar-refractivity contribution in [3.8, 4) is 27.9 Å². The Kier molecular flexibility index (Phi) is 7.36. The molecular weight excluding hydrogens is 705 g/mol. The van der Waals surface area contributed by atoms with Crippen LogP contribution in [0.25, 0.3) is 83.0 Å². The van der Waals surface area contributed by atoms with Crippen LogP contribution in [0.1, 0.15) is 23.1 Å². The van der Waals surface area contributed by atoms with E-state index in [0.29, 0.717) is 5.92 Å². The maximum absolute atomic E-state index is 7.02. The summed E-state index contributed by atoms with van der Waals surface area (Å²) in [6.07, 6.45) is 3.37. The van der Waals surface area contributed by atoms with E-state index in [-0.39, 0.29) is 0 Å². The quantitative estimate of drug-likeness (QED) is 0.167. The second-order valence-corrected chi connectivity index (χ2v) is 15.4. The van der Waals surface area contributed by atoms with Gasteiger partial charge in [-0.25, -0.2) is 4.99 Å². The Hall–Kier alpha value is -7.49. The van der Waals surface area contributed by atoms with Gasteiger partial charge in [-0.2, -0.15) is 0 Å². The Morgan fingerprint density at radius 3 is 1.84 bits per heavy atom. The number of aliphatic imine (C=N–C) groups is 1. The summed E-state index contributed by atoms with van der Waals surface area (Å²) in [4.78, 5) is 5.55. The van der Waals surface area contributed by atoms with E-state index in [1.54, 1.807) is 0 Å². The standard InChI is InChI=1S/C55H36N2O/c1-5-15-35(16-6-1)39-28-30-49-46(31-39)41-29-27-40(36-17-7-2-8-18-36)32-51(41)57(49)50-25-13-24-43-53-42(23-14-26-52(53)58-55(43)50)48-34-44(37-19-9-3-10-20-37)45-33-47(45)54(56-48)38-21-11-4-12-22-38/h1-32,34,45H,33H2. The third-order valence-electron chi connectivity index (χ3n) is 12.0. The highest BCUT2D eigenvalue weighted by Crippen LogP contribution is 2.53. The van der Waals surface area contributed by atoms with Gasteiger partial charge < -0.3 is 8.98 Å². The van der Waals surface area contributed by atoms with Crippen molar-refractivity contribution in [2.24, 2.45) is 10.9 Å². The molecule has 3 nitrogen and oxygen atoms in total. The highest BCUT2D eigenvalue weighted by molar-refractivity contribution is 6.26. The normalized spacial score (nSPS) is 15.1. The molecule has 1 saturated carbocycles. The van der Waals surface area contributed by atoms with Gasteiger partial charge in [-0.3, -0.25) is 0 Å². The first kappa shape index (κ1) is 32.7. The first-order valence-electron chi connectivity index (χ1n) is 20.0. The van der Waals surface area contributed by atoms with Gasteiger partial charge in [0.25, 0.3) is 0 Å². The fraction of sp³-hybridized carbons (Fsp3) is 0.0364.